The Kier molecular flexibility index (Phi) is 4.69. The molecule has 114 valence electrons. The van der Waals surface area contributed by atoms with Gasteiger partial charge in [-0.15, -0.1) is 11.3 Å². The highest BCUT2D eigenvalue weighted by atomic mass is 32.2. The molecule has 2 N–H and O–H groups in total. The molecule has 3 rings (SSSR count). The summed E-state index contributed by atoms with van der Waals surface area (Å²) in [7, 11) is 0. The minimum atomic E-state index is -0.225. The first-order valence-corrected chi connectivity index (χ1v) is 8.61. The van der Waals surface area contributed by atoms with E-state index >= 15 is 0 Å². The number of H-pyrrole nitrogens is 1. The van der Waals surface area contributed by atoms with E-state index in [0.717, 1.165) is 11.9 Å². The summed E-state index contributed by atoms with van der Waals surface area (Å²) in [5, 5.41) is 5.45. The highest BCUT2D eigenvalue weighted by molar-refractivity contribution is 8.00. The summed E-state index contributed by atoms with van der Waals surface area (Å²) >= 11 is 3.09. The van der Waals surface area contributed by atoms with Crippen LogP contribution in [0.5, 0.6) is 0 Å². The molecule has 3 heterocycles. The second kappa shape index (κ2) is 6.89. The lowest BCUT2D eigenvalue weighted by molar-refractivity contribution is -0.120. The molecule has 0 saturated heterocycles. The minimum absolute atomic E-state index is 0.00750. The number of thioether (sulfide) groups is 1. The van der Waals surface area contributed by atoms with Gasteiger partial charge in [-0.25, -0.2) is 15.0 Å². The zero-order valence-corrected chi connectivity index (χ0v) is 13.6. The first kappa shape index (κ1) is 15.0. The predicted molar refractivity (Wildman–Crippen MR) is 88.0 cm³/mol. The molecule has 0 saturated carbocycles. The molecule has 0 radical (unpaired) electrons. The summed E-state index contributed by atoms with van der Waals surface area (Å²) in [4.78, 5) is 28.8. The number of aromatic amines is 1. The molecule has 0 aliphatic carbocycles. The number of nitrogens with one attached hydrogen (secondary N) is 2. The molecule has 0 aliphatic rings. The lowest BCUT2D eigenvalue weighted by atomic mass is 10.3. The number of imidazole rings is 1. The van der Waals surface area contributed by atoms with Gasteiger partial charge in [0.25, 0.3) is 0 Å². The van der Waals surface area contributed by atoms with Gasteiger partial charge in [0.1, 0.15) is 11.8 Å². The average molecular weight is 333 g/mol. The van der Waals surface area contributed by atoms with Crippen LogP contribution in [-0.2, 0) is 11.2 Å². The molecule has 3 aromatic rings. The van der Waals surface area contributed by atoms with E-state index in [1.54, 1.807) is 17.5 Å². The third-order valence-corrected chi connectivity index (χ3v) is 4.97. The van der Waals surface area contributed by atoms with Crippen molar-refractivity contribution in [2.24, 2.45) is 0 Å². The quantitative estimate of drug-likeness (QED) is 0.676. The van der Waals surface area contributed by atoms with Gasteiger partial charge in [0.15, 0.2) is 10.8 Å². The van der Waals surface area contributed by atoms with Crippen LogP contribution in [0.2, 0.25) is 0 Å². The fourth-order valence-corrected chi connectivity index (χ4v) is 3.47. The van der Waals surface area contributed by atoms with Crippen molar-refractivity contribution in [3.05, 3.63) is 34.9 Å². The minimum Gasteiger partial charge on any atom is -0.355 e. The molecule has 3 aromatic heterocycles. The number of thiophene rings is 1. The Bertz CT molecular complexity index is 723. The fourth-order valence-electron chi connectivity index (χ4n) is 1.92. The third kappa shape index (κ3) is 3.63. The van der Waals surface area contributed by atoms with Crippen LogP contribution in [0.25, 0.3) is 11.2 Å². The van der Waals surface area contributed by atoms with Gasteiger partial charge in [-0.05, 0) is 24.8 Å². The van der Waals surface area contributed by atoms with Crippen molar-refractivity contribution in [3.63, 3.8) is 0 Å². The van der Waals surface area contributed by atoms with Gasteiger partial charge in [0.2, 0.25) is 5.91 Å². The van der Waals surface area contributed by atoms with Gasteiger partial charge < -0.3 is 10.3 Å². The molecule has 1 amide bonds. The molecule has 0 aliphatic heterocycles. The standard InChI is InChI=1S/C14H15N5OS2/c1-9(13(20)16-5-4-10-3-2-6-21-10)22-14-18-11-7-15-8-17-12(11)19-14/h2-3,6-9H,4-5H2,1H3,(H,16,20)(H,15,17,18,19)/t9-/m1/s1. The van der Waals surface area contributed by atoms with Crippen LogP contribution < -0.4 is 5.32 Å². The highest BCUT2D eigenvalue weighted by Crippen LogP contribution is 2.22. The summed E-state index contributed by atoms with van der Waals surface area (Å²) in [6, 6.07) is 4.09. The zero-order valence-electron chi connectivity index (χ0n) is 11.9. The maximum atomic E-state index is 12.1. The van der Waals surface area contributed by atoms with Crippen molar-refractivity contribution in [1.29, 1.82) is 0 Å². The zero-order chi connectivity index (χ0) is 15.4. The molecule has 0 unspecified atom stereocenters. The van der Waals surface area contributed by atoms with E-state index in [1.807, 2.05) is 18.4 Å². The maximum Gasteiger partial charge on any atom is 0.233 e. The van der Waals surface area contributed by atoms with Crippen molar-refractivity contribution in [1.82, 2.24) is 25.3 Å². The average Bonchev–Trinajstić information content (AvgIpc) is 3.15. The Morgan fingerprint density at radius 2 is 2.45 bits per heavy atom. The molecule has 6 nitrogen and oxygen atoms in total. The molecule has 0 bridgehead atoms. The van der Waals surface area contributed by atoms with Crippen LogP contribution in [0.3, 0.4) is 0 Å². The van der Waals surface area contributed by atoms with E-state index in [9.17, 15) is 4.79 Å². The summed E-state index contributed by atoms with van der Waals surface area (Å²) in [5.74, 6) is 0.00750. The first-order valence-electron chi connectivity index (χ1n) is 6.85. The monoisotopic (exact) mass is 333 g/mol. The van der Waals surface area contributed by atoms with Crippen molar-refractivity contribution in [2.45, 2.75) is 23.8 Å². The summed E-state index contributed by atoms with van der Waals surface area (Å²) in [6.07, 6.45) is 3.99. The lowest BCUT2D eigenvalue weighted by Crippen LogP contribution is -2.32. The number of hydrogen-bond acceptors (Lipinski definition) is 6. The number of fused-ring (bicyclic) bond motifs is 1. The SMILES string of the molecule is C[C@@H](Sc1nc2ncncc2[nH]1)C(=O)NCCc1cccs1. The second-order valence-electron chi connectivity index (χ2n) is 4.68. The Morgan fingerprint density at radius 1 is 1.55 bits per heavy atom. The lowest BCUT2D eigenvalue weighted by Gasteiger charge is -2.09. The topological polar surface area (TPSA) is 83.6 Å². The van der Waals surface area contributed by atoms with E-state index in [1.165, 1.54) is 23.0 Å². The van der Waals surface area contributed by atoms with E-state index in [4.69, 9.17) is 0 Å². The van der Waals surface area contributed by atoms with Crippen LogP contribution in [-0.4, -0.2) is 37.6 Å². The summed E-state index contributed by atoms with van der Waals surface area (Å²) in [6.45, 7) is 2.51. The van der Waals surface area contributed by atoms with Crippen LogP contribution in [0.4, 0.5) is 0 Å². The Labute approximate surface area is 135 Å². The van der Waals surface area contributed by atoms with Gasteiger partial charge in [-0.3, -0.25) is 4.79 Å². The maximum absolute atomic E-state index is 12.1. The van der Waals surface area contributed by atoms with Gasteiger partial charge in [-0.2, -0.15) is 0 Å². The Balaban J connectivity index is 1.52. The molecule has 0 fully saturated rings. The predicted octanol–water partition coefficient (Wildman–Crippen LogP) is 2.25. The van der Waals surface area contributed by atoms with Crippen molar-refractivity contribution < 1.29 is 4.79 Å². The number of aromatic nitrogens is 4. The molecule has 0 aromatic carbocycles. The van der Waals surface area contributed by atoms with Gasteiger partial charge in [-0.1, -0.05) is 17.8 Å². The van der Waals surface area contributed by atoms with Gasteiger partial charge in [0, 0.05) is 11.4 Å². The normalized spacial score (nSPS) is 12.4. The summed E-state index contributed by atoms with van der Waals surface area (Å²) < 4.78 is 0. The number of nitrogens with zero attached hydrogens (tertiary/aromatic N) is 3. The van der Waals surface area contributed by atoms with Crippen LogP contribution >= 0.6 is 23.1 Å². The molecular weight excluding hydrogens is 318 g/mol. The van der Waals surface area contributed by atoms with Gasteiger partial charge >= 0.3 is 0 Å². The van der Waals surface area contributed by atoms with Crippen LogP contribution in [0, 0.1) is 0 Å². The smallest absolute Gasteiger partial charge is 0.233 e. The highest BCUT2D eigenvalue weighted by Gasteiger charge is 2.16. The molecule has 1 atom stereocenters. The van der Waals surface area contributed by atoms with Crippen molar-refractivity contribution in [3.8, 4) is 0 Å². The van der Waals surface area contributed by atoms with Crippen LogP contribution in [0.15, 0.2) is 35.2 Å². The van der Waals surface area contributed by atoms with Crippen molar-refractivity contribution in [2.75, 3.05) is 6.54 Å². The van der Waals surface area contributed by atoms with Crippen LogP contribution in [0.1, 0.15) is 11.8 Å². The fraction of sp³-hybridized carbons (Fsp3) is 0.286. The van der Waals surface area contributed by atoms with E-state index in [-0.39, 0.29) is 11.2 Å². The molecule has 8 heteroatoms. The Hall–Kier alpha value is -1.93. The number of hydrogen-bond donors (Lipinski definition) is 2. The van der Waals surface area contributed by atoms with E-state index in [0.29, 0.717) is 17.3 Å². The number of carbonyl (C=O) groups excluding carboxylic acids is 1. The molecule has 22 heavy (non-hydrogen) atoms. The van der Waals surface area contributed by atoms with E-state index < -0.39 is 0 Å². The molecule has 0 spiro atoms. The van der Waals surface area contributed by atoms with Gasteiger partial charge in [0.05, 0.1) is 11.4 Å². The van der Waals surface area contributed by atoms with E-state index in [2.05, 4.69) is 31.3 Å². The number of amides is 1. The Morgan fingerprint density at radius 3 is 3.23 bits per heavy atom. The second-order valence-corrected chi connectivity index (χ2v) is 7.04. The summed E-state index contributed by atoms with van der Waals surface area (Å²) in [5.41, 5.74) is 1.39. The number of rotatable bonds is 6. The van der Waals surface area contributed by atoms with Crippen molar-refractivity contribution >= 4 is 40.2 Å². The first-order chi connectivity index (χ1) is 10.7. The molecular formula is C14H15N5OS2. The largest absolute Gasteiger partial charge is 0.355 e. The third-order valence-electron chi connectivity index (χ3n) is 3.05. The number of carbonyl (C=O) groups is 1.